The van der Waals surface area contributed by atoms with Gasteiger partial charge in [-0.15, -0.1) is 0 Å². The van der Waals surface area contributed by atoms with Crippen molar-refractivity contribution in [2.24, 2.45) is 0 Å². The first kappa shape index (κ1) is 27.4. The number of benzene rings is 11. The van der Waals surface area contributed by atoms with Crippen molar-refractivity contribution < 1.29 is 22.2 Å². The Balaban J connectivity index is 1.06. The Morgan fingerprint density at radius 1 is 0.358 bits per heavy atom. The van der Waals surface area contributed by atoms with Gasteiger partial charge in [0.15, 0.2) is 0 Å². The summed E-state index contributed by atoms with van der Waals surface area (Å²) in [6.45, 7) is 0. The smallest absolute Gasteiger partial charge is 0.143 e. The molecule has 3 nitrogen and oxygen atoms in total. The molecule has 0 aliphatic heterocycles. The van der Waals surface area contributed by atoms with Crippen LogP contribution in [0, 0.1) is 0 Å². The minimum Gasteiger partial charge on any atom is -0.455 e. The second kappa shape index (κ2) is 16.0. The number of nitrogens with zero attached hydrogens (tertiary/aromatic N) is 2. The summed E-state index contributed by atoms with van der Waals surface area (Å²) in [6.07, 6.45) is 0. The SMILES string of the molecule is [2H]c1c([2H])c(N(c2ccc(-c3ccccc3-n3c4ccccc4c4ccccc43)cc2)c2ccc(-c3ccccc3)cc2-c2ccccc2)c([2H])c([2H])c1-c1c([2H])c([2H])c([2H])c2c1oc1c3c([2H])c([2H])c([2H])c([2H])c3c([2H])c([2H])c12. The molecule has 0 radical (unpaired) electrons. The first-order chi connectivity index (χ1) is 38.7. The fraction of sp³-hybridized carbons (Fsp3) is 0. The highest BCUT2D eigenvalue weighted by molar-refractivity contribution is 6.17. The van der Waals surface area contributed by atoms with Crippen LogP contribution in [-0.2, 0) is 0 Å². The highest BCUT2D eigenvalue weighted by Crippen LogP contribution is 2.45. The molecular weight excluding hydrogens is 813 g/mol. The van der Waals surface area contributed by atoms with Gasteiger partial charge in [0.05, 0.1) is 40.2 Å². The second-order valence-corrected chi connectivity index (χ2v) is 16.2. The van der Waals surface area contributed by atoms with E-state index in [2.05, 4.69) is 41.0 Å². The highest BCUT2D eigenvalue weighted by atomic mass is 16.3. The van der Waals surface area contributed by atoms with Crippen LogP contribution in [-0.4, -0.2) is 4.57 Å². The molecule has 0 amide bonds. The highest BCUT2D eigenvalue weighted by Gasteiger charge is 2.21. The fourth-order valence-corrected chi connectivity index (χ4v) is 9.32. The zero-order chi connectivity index (χ0) is 55.6. The maximum Gasteiger partial charge on any atom is 0.143 e. The summed E-state index contributed by atoms with van der Waals surface area (Å²) in [5, 5.41) is 1.19. The van der Waals surface area contributed by atoms with Crippen LogP contribution in [0.5, 0.6) is 0 Å². The third-order valence-corrected chi connectivity index (χ3v) is 12.4. The molecule has 0 saturated heterocycles. The number of para-hydroxylation sites is 4. The summed E-state index contributed by atoms with van der Waals surface area (Å²) in [5.74, 6) is 0. The normalized spacial score (nSPS) is 14.3. The van der Waals surface area contributed by atoms with Gasteiger partial charge in [-0.05, 0) is 93.8 Å². The van der Waals surface area contributed by atoms with Gasteiger partial charge >= 0.3 is 0 Å². The minimum atomic E-state index is -0.690. The maximum atomic E-state index is 10.0. The minimum absolute atomic E-state index is 0.142. The van der Waals surface area contributed by atoms with Crippen LogP contribution >= 0.6 is 0 Å². The molecule has 13 aromatic rings. The van der Waals surface area contributed by atoms with E-state index in [-0.39, 0.29) is 38.4 Å². The third-order valence-electron chi connectivity index (χ3n) is 12.4. The van der Waals surface area contributed by atoms with Gasteiger partial charge in [-0.2, -0.15) is 0 Å². The molecule has 2 aromatic heterocycles. The van der Waals surface area contributed by atoms with Crippen LogP contribution in [0.4, 0.5) is 17.1 Å². The van der Waals surface area contributed by atoms with E-state index in [1.54, 1.807) is 4.90 Å². The van der Waals surface area contributed by atoms with Crippen molar-refractivity contribution in [3.8, 4) is 50.2 Å². The van der Waals surface area contributed by atoms with Crippen molar-refractivity contribution >= 4 is 71.6 Å². The Bertz CT molecular complexity index is 4670. The van der Waals surface area contributed by atoms with E-state index in [0.717, 1.165) is 55.3 Å². The molecule has 0 saturated carbocycles. The van der Waals surface area contributed by atoms with Crippen LogP contribution in [0.1, 0.15) is 17.8 Å². The predicted octanol–water partition coefficient (Wildman–Crippen LogP) is 18.0. The molecular formula is C64H42N2O. The summed E-state index contributed by atoms with van der Waals surface area (Å²) < 4.78 is 128. The lowest BCUT2D eigenvalue weighted by molar-refractivity contribution is 0.674. The number of hydrogen-bond donors (Lipinski definition) is 0. The Labute approximate surface area is 406 Å². The van der Waals surface area contributed by atoms with Crippen LogP contribution in [0.3, 0.4) is 0 Å². The molecule has 67 heavy (non-hydrogen) atoms. The quantitative estimate of drug-likeness (QED) is 0.152. The Kier molecular flexibility index (Phi) is 6.53. The van der Waals surface area contributed by atoms with Crippen molar-refractivity contribution in [1.82, 2.24) is 4.57 Å². The zero-order valence-corrected chi connectivity index (χ0v) is 35.5. The van der Waals surface area contributed by atoms with E-state index in [1.807, 2.05) is 140 Å². The lowest BCUT2D eigenvalue weighted by atomic mass is 9.95. The van der Waals surface area contributed by atoms with E-state index in [9.17, 15) is 6.85 Å². The molecule has 314 valence electrons. The molecule has 0 spiro atoms. The van der Waals surface area contributed by atoms with Gasteiger partial charge in [0.2, 0.25) is 0 Å². The maximum absolute atomic E-state index is 10.0. The summed E-state index contributed by atoms with van der Waals surface area (Å²) >= 11 is 0. The topological polar surface area (TPSA) is 21.3 Å². The first-order valence-electron chi connectivity index (χ1n) is 28.4. The average Bonchev–Trinajstić information content (AvgIpc) is 4.12. The standard InChI is InChI=1S/C64H42N2O/c1-3-16-43(17-4-1)48-35-41-62(58(42-48)44-18-5-2-6-19-44)65(50-38-32-47(33-39-50)53-25-15-26-56-57-40-34-45-20-7-8-22-52(45)64(57)67-63(53)56)49-36-30-46(31-37-49)51-21-9-12-27-59(51)66-60-28-13-10-23-54(60)55-24-11-14-29-61(55)66/h1-42H/i7D,8D,15D,20D,22D,25D,26D,32D,33D,34D,38D,39D,40D. The average molecular weight is 868 g/mol. The van der Waals surface area contributed by atoms with Crippen LogP contribution in [0.15, 0.2) is 259 Å². The Hall–Kier alpha value is -8.92. The second-order valence-electron chi connectivity index (χ2n) is 16.2. The van der Waals surface area contributed by atoms with Gasteiger partial charge in [0, 0.05) is 55.0 Å². The number of anilines is 3. The van der Waals surface area contributed by atoms with Crippen molar-refractivity contribution in [2.75, 3.05) is 4.90 Å². The molecule has 3 heteroatoms. The largest absolute Gasteiger partial charge is 0.455 e. The number of aromatic nitrogens is 1. The summed E-state index contributed by atoms with van der Waals surface area (Å²) in [5.41, 5.74) is 7.54. The summed E-state index contributed by atoms with van der Waals surface area (Å²) in [6, 6.07) is 50.0. The Morgan fingerprint density at radius 3 is 1.73 bits per heavy atom. The predicted molar refractivity (Wildman–Crippen MR) is 282 cm³/mol. The van der Waals surface area contributed by atoms with Crippen molar-refractivity contribution in [3.05, 3.63) is 254 Å². The number of fused-ring (bicyclic) bond motifs is 8. The Morgan fingerprint density at radius 2 is 0.970 bits per heavy atom. The molecule has 0 unspecified atom stereocenters. The van der Waals surface area contributed by atoms with Gasteiger partial charge in [-0.3, -0.25) is 0 Å². The van der Waals surface area contributed by atoms with Gasteiger partial charge in [0.25, 0.3) is 0 Å². The zero-order valence-electron chi connectivity index (χ0n) is 48.5. The van der Waals surface area contributed by atoms with E-state index < -0.39 is 89.7 Å². The van der Waals surface area contributed by atoms with Crippen molar-refractivity contribution in [1.29, 1.82) is 0 Å². The molecule has 0 bridgehead atoms. The molecule has 11 aromatic carbocycles. The number of furan rings is 1. The van der Waals surface area contributed by atoms with E-state index in [1.165, 1.54) is 0 Å². The number of hydrogen-bond acceptors (Lipinski definition) is 2. The van der Waals surface area contributed by atoms with E-state index in [4.69, 9.17) is 15.4 Å². The van der Waals surface area contributed by atoms with Gasteiger partial charge in [0.1, 0.15) is 11.2 Å². The first-order valence-corrected chi connectivity index (χ1v) is 21.9. The molecule has 0 fully saturated rings. The third kappa shape index (κ3) is 6.51. The molecule has 0 aliphatic carbocycles. The molecule has 13 rings (SSSR count). The summed E-state index contributed by atoms with van der Waals surface area (Å²) in [4.78, 5) is 1.70. The van der Waals surface area contributed by atoms with Crippen molar-refractivity contribution in [2.45, 2.75) is 0 Å². The lowest BCUT2D eigenvalue weighted by Crippen LogP contribution is -2.11. The fourth-order valence-electron chi connectivity index (χ4n) is 9.32. The molecule has 0 N–H and O–H groups in total. The van der Waals surface area contributed by atoms with Crippen LogP contribution in [0.25, 0.3) is 105 Å². The van der Waals surface area contributed by atoms with Gasteiger partial charge < -0.3 is 13.9 Å². The molecule has 2 heterocycles. The van der Waals surface area contributed by atoms with Crippen LogP contribution in [0.2, 0.25) is 0 Å². The monoisotopic (exact) mass is 867 g/mol. The molecule has 0 atom stereocenters. The number of rotatable bonds is 8. The summed E-state index contributed by atoms with van der Waals surface area (Å²) in [7, 11) is 0. The lowest BCUT2D eigenvalue weighted by Gasteiger charge is -2.29. The van der Waals surface area contributed by atoms with E-state index >= 15 is 0 Å². The van der Waals surface area contributed by atoms with Crippen molar-refractivity contribution in [3.63, 3.8) is 0 Å². The molecule has 0 aliphatic rings. The van der Waals surface area contributed by atoms with Crippen LogP contribution < -0.4 is 4.90 Å². The van der Waals surface area contributed by atoms with Gasteiger partial charge in [-0.25, -0.2) is 0 Å². The van der Waals surface area contributed by atoms with E-state index in [0.29, 0.717) is 16.9 Å². The van der Waals surface area contributed by atoms with Gasteiger partial charge in [-0.1, -0.05) is 194 Å².